The van der Waals surface area contributed by atoms with Crippen molar-refractivity contribution in [2.45, 2.75) is 19.4 Å². The molecule has 1 rings (SSSR count). The van der Waals surface area contributed by atoms with Crippen molar-refractivity contribution in [3.05, 3.63) is 17.7 Å². The van der Waals surface area contributed by atoms with Crippen LogP contribution in [-0.2, 0) is 0 Å². The van der Waals surface area contributed by atoms with Gasteiger partial charge in [0, 0.05) is 18.3 Å². The van der Waals surface area contributed by atoms with Crippen molar-refractivity contribution in [3.8, 4) is 11.5 Å². The summed E-state index contributed by atoms with van der Waals surface area (Å²) in [6.07, 6.45) is 0.00661. The van der Waals surface area contributed by atoms with Crippen LogP contribution in [0, 0.1) is 0 Å². The molecule has 0 spiro atoms. The fourth-order valence-electron chi connectivity index (χ4n) is 1.54. The van der Waals surface area contributed by atoms with Gasteiger partial charge in [0.2, 0.25) is 0 Å². The summed E-state index contributed by atoms with van der Waals surface area (Å²) in [7, 11) is 2.98. The molecule has 0 heterocycles. The standard InChI is InChI=1S/C13H20N2O4/c1-4-8(16)7-15-13(17)9-5-11(18-2)12(19-3)6-10(9)14/h5-6,8,16H,4,7,14H2,1-3H3,(H,15,17). The molecule has 0 saturated heterocycles. The minimum Gasteiger partial charge on any atom is -0.493 e. The number of nitrogen functional groups attached to an aromatic ring is 1. The fraction of sp³-hybridized carbons (Fsp3) is 0.462. The van der Waals surface area contributed by atoms with E-state index in [2.05, 4.69) is 5.32 Å². The lowest BCUT2D eigenvalue weighted by Gasteiger charge is -2.13. The third-order valence-electron chi connectivity index (χ3n) is 2.77. The Balaban J connectivity index is 2.90. The van der Waals surface area contributed by atoms with Gasteiger partial charge in [-0.05, 0) is 12.5 Å². The van der Waals surface area contributed by atoms with Crippen LogP contribution in [0.25, 0.3) is 0 Å². The SMILES string of the molecule is CCC(O)CNC(=O)c1cc(OC)c(OC)cc1N. The number of benzene rings is 1. The molecule has 1 aromatic rings. The first kappa shape index (κ1) is 15.1. The van der Waals surface area contributed by atoms with Crippen molar-refractivity contribution < 1.29 is 19.4 Å². The molecule has 1 amide bonds. The number of aliphatic hydroxyl groups is 1. The number of nitrogens with one attached hydrogen (secondary N) is 1. The van der Waals surface area contributed by atoms with Crippen LogP contribution >= 0.6 is 0 Å². The fourth-order valence-corrected chi connectivity index (χ4v) is 1.54. The quantitative estimate of drug-likeness (QED) is 0.663. The largest absolute Gasteiger partial charge is 0.493 e. The average Bonchev–Trinajstić information content (AvgIpc) is 2.43. The Morgan fingerprint density at radius 3 is 2.47 bits per heavy atom. The maximum absolute atomic E-state index is 12.0. The highest BCUT2D eigenvalue weighted by Gasteiger charge is 2.15. The van der Waals surface area contributed by atoms with Crippen molar-refractivity contribution in [1.82, 2.24) is 5.32 Å². The number of carbonyl (C=O) groups excluding carboxylic acids is 1. The number of methoxy groups -OCH3 is 2. The predicted molar refractivity (Wildman–Crippen MR) is 72.6 cm³/mol. The molecular formula is C13H20N2O4. The number of nitrogens with two attached hydrogens (primary N) is 1. The van der Waals surface area contributed by atoms with Crippen LogP contribution in [0.4, 0.5) is 5.69 Å². The zero-order valence-corrected chi connectivity index (χ0v) is 11.4. The van der Waals surface area contributed by atoms with Crippen LogP contribution in [0.5, 0.6) is 11.5 Å². The van der Waals surface area contributed by atoms with E-state index in [9.17, 15) is 9.90 Å². The molecule has 0 aliphatic carbocycles. The number of ether oxygens (including phenoxy) is 2. The Labute approximate surface area is 112 Å². The number of amides is 1. The van der Waals surface area contributed by atoms with Crippen LogP contribution in [0.15, 0.2) is 12.1 Å². The summed E-state index contributed by atoms with van der Waals surface area (Å²) < 4.78 is 10.2. The Hall–Kier alpha value is -1.95. The minimum absolute atomic E-state index is 0.184. The monoisotopic (exact) mass is 268 g/mol. The van der Waals surface area contributed by atoms with E-state index in [0.717, 1.165) is 0 Å². The zero-order chi connectivity index (χ0) is 14.4. The summed E-state index contributed by atoms with van der Waals surface area (Å²) in [6, 6.07) is 3.05. The second-order valence-corrected chi connectivity index (χ2v) is 4.07. The molecule has 0 bridgehead atoms. The normalized spacial score (nSPS) is 11.8. The summed E-state index contributed by atoms with van der Waals surface area (Å²) in [5.74, 6) is 0.536. The summed E-state index contributed by atoms with van der Waals surface area (Å²) in [5, 5.41) is 12.0. The van der Waals surface area contributed by atoms with Gasteiger partial charge in [-0.3, -0.25) is 4.79 Å². The molecule has 0 aromatic heterocycles. The Kier molecular flexibility index (Phi) is 5.44. The molecule has 0 saturated carbocycles. The van der Waals surface area contributed by atoms with Gasteiger partial charge < -0.3 is 25.6 Å². The van der Waals surface area contributed by atoms with E-state index >= 15 is 0 Å². The third kappa shape index (κ3) is 3.75. The Bertz CT molecular complexity index is 449. The summed E-state index contributed by atoms with van der Waals surface area (Å²) in [5.41, 5.74) is 6.39. The maximum atomic E-state index is 12.0. The Morgan fingerprint density at radius 2 is 1.95 bits per heavy atom. The van der Waals surface area contributed by atoms with Crippen LogP contribution in [-0.4, -0.2) is 37.9 Å². The molecule has 0 fully saturated rings. The van der Waals surface area contributed by atoms with Crippen molar-refractivity contribution in [2.75, 3.05) is 26.5 Å². The van der Waals surface area contributed by atoms with Gasteiger partial charge in [-0.25, -0.2) is 0 Å². The number of carbonyl (C=O) groups is 1. The van der Waals surface area contributed by atoms with Gasteiger partial charge in [0.25, 0.3) is 5.91 Å². The summed E-state index contributed by atoms with van der Waals surface area (Å²) in [4.78, 5) is 12.0. The van der Waals surface area contributed by atoms with E-state index in [1.54, 1.807) is 0 Å². The molecule has 0 aliphatic rings. The van der Waals surface area contributed by atoms with Gasteiger partial charge in [-0.1, -0.05) is 6.92 Å². The lowest BCUT2D eigenvalue weighted by atomic mass is 10.1. The van der Waals surface area contributed by atoms with Crippen LogP contribution < -0.4 is 20.5 Å². The summed E-state index contributed by atoms with van der Waals surface area (Å²) in [6.45, 7) is 2.02. The highest BCUT2D eigenvalue weighted by molar-refractivity contribution is 6.00. The molecule has 1 aromatic carbocycles. The third-order valence-corrected chi connectivity index (χ3v) is 2.77. The van der Waals surface area contributed by atoms with Gasteiger partial charge >= 0.3 is 0 Å². The van der Waals surface area contributed by atoms with E-state index in [1.807, 2.05) is 6.92 Å². The first-order valence-corrected chi connectivity index (χ1v) is 6.01. The molecule has 0 aliphatic heterocycles. The van der Waals surface area contributed by atoms with E-state index in [-0.39, 0.29) is 12.5 Å². The van der Waals surface area contributed by atoms with Crippen molar-refractivity contribution in [2.24, 2.45) is 0 Å². The van der Waals surface area contributed by atoms with E-state index in [4.69, 9.17) is 15.2 Å². The molecule has 6 nitrogen and oxygen atoms in total. The van der Waals surface area contributed by atoms with Gasteiger partial charge in [-0.2, -0.15) is 0 Å². The maximum Gasteiger partial charge on any atom is 0.253 e. The topological polar surface area (TPSA) is 93.8 Å². The van der Waals surface area contributed by atoms with Gasteiger partial charge in [0.1, 0.15) is 0 Å². The molecule has 19 heavy (non-hydrogen) atoms. The van der Waals surface area contributed by atoms with Crippen molar-refractivity contribution >= 4 is 11.6 Å². The first-order valence-electron chi connectivity index (χ1n) is 6.01. The van der Waals surface area contributed by atoms with Crippen LogP contribution in [0.2, 0.25) is 0 Å². The smallest absolute Gasteiger partial charge is 0.253 e. The highest BCUT2D eigenvalue weighted by atomic mass is 16.5. The highest BCUT2D eigenvalue weighted by Crippen LogP contribution is 2.31. The average molecular weight is 268 g/mol. The van der Waals surface area contributed by atoms with Crippen LogP contribution in [0.1, 0.15) is 23.7 Å². The lowest BCUT2D eigenvalue weighted by Crippen LogP contribution is -2.32. The lowest BCUT2D eigenvalue weighted by molar-refractivity contribution is 0.0914. The predicted octanol–water partition coefficient (Wildman–Crippen LogP) is 0.787. The van der Waals surface area contributed by atoms with Crippen molar-refractivity contribution in [1.29, 1.82) is 0 Å². The molecule has 1 unspecified atom stereocenters. The first-order chi connectivity index (χ1) is 9.03. The van der Waals surface area contributed by atoms with E-state index < -0.39 is 6.10 Å². The van der Waals surface area contributed by atoms with Gasteiger partial charge in [0.15, 0.2) is 11.5 Å². The number of rotatable bonds is 6. The minimum atomic E-state index is -0.565. The zero-order valence-electron chi connectivity index (χ0n) is 11.4. The number of hydrogen-bond donors (Lipinski definition) is 3. The molecule has 0 radical (unpaired) electrons. The molecule has 106 valence electrons. The molecule has 4 N–H and O–H groups in total. The second kappa shape index (κ2) is 6.84. The molecule has 1 atom stereocenters. The summed E-state index contributed by atoms with van der Waals surface area (Å²) >= 11 is 0. The Morgan fingerprint density at radius 1 is 1.37 bits per heavy atom. The number of hydrogen-bond acceptors (Lipinski definition) is 5. The van der Waals surface area contributed by atoms with Gasteiger partial charge in [-0.15, -0.1) is 0 Å². The van der Waals surface area contributed by atoms with Gasteiger partial charge in [0.05, 0.1) is 25.9 Å². The molecular weight excluding hydrogens is 248 g/mol. The number of aliphatic hydroxyl groups excluding tert-OH is 1. The van der Waals surface area contributed by atoms with Crippen LogP contribution in [0.3, 0.4) is 0 Å². The molecule has 6 heteroatoms. The van der Waals surface area contributed by atoms with Crippen molar-refractivity contribution in [3.63, 3.8) is 0 Å². The number of anilines is 1. The van der Waals surface area contributed by atoms with E-state index in [1.165, 1.54) is 26.4 Å². The van der Waals surface area contributed by atoms with E-state index in [0.29, 0.717) is 29.2 Å². The second-order valence-electron chi connectivity index (χ2n) is 4.07.